The van der Waals surface area contributed by atoms with Crippen molar-refractivity contribution in [2.24, 2.45) is 0 Å². The Hall–Kier alpha value is -2.84. The first-order valence-electron chi connectivity index (χ1n) is 9.82. The van der Waals surface area contributed by atoms with Crippen LogP contribution in [0, 0.1) is 5.82 Å². The zero-order valence-corrected chi connectivity index (χ0v) is 18.2. The average Bonchev–Trinajstić information content (AvgIpc) is 2.79. The summed E-state index contributed by atoms with van der Waals surface area (Å²) in [6.45, 7) is 3.24. The predicted molar refractivity (Wildman–Crippen MR) is 124 cm³/mol. The number of hydrogen-bond donors (Lipinski definition) is 1. The van der Waals surface area contributed by atoms with Crippen LogP contribution in [0.5, 0.6) is 0 Å². The van der Waals surface area contributed by atoms with E-state index in [1.807, 2.05) is 6.07 Å². The number of anilines is 3. The van der Waals surface area contributed by atoms with Crippen LogP contribution in [0.4, 0.5) is 21.6 Å². The van der Waals surface area contributed by atoms with E-state index in [0.717, 1.165) is 42.7 Å². The van der Waals surface area contributed by atoms with Crippen LogP contribution < -0.4 is 15.1 Å². The van der Waals surface area contributed by atoms with Gasteiger partial charge in [0.15, 0.2) is 0 Å². The van der Waals surface area contributed by atoms with Gasteiger partial charge in [-0.3, -0.25) is 4.79 Å². The lowest BCUT2D eigenvalue weighted by molar-refractivity contribution is -0.113. The molecule has 1 aliphatic rings. The predicted octanol–water partition coefficient (Wildman–Crippen LogP) is 4.33. The molecule has 2 heterocycles. The van der Waals surface area contributed by atoms with Crippen molar-refractivity contribution >= 4 is 46.5 Å². The number of aromatic nitrogens is 2. The maximum atomic E-state index is 13.1. The number of carbonyl (C=O) groups is 1. The SMILES string of the molecule is O=C(CSc1cc(N2CCN(c3ccc(F)cc3)CC2)ncn1)Nc1cccc(Cl)c1. The van der Waals surface area contributed by atoms with Gasteiger partial charge in [-0.2, -0.15) is 0 Å². The van der Waals surface area contributed by atoms with E-state index in [2.05, 4.69) is 25.1 Å². The molecule has 0 atom stereocenters. The number of piperazine rings is 1. The van der Waals surface area contributed by atoms with E-state index in [1.165, 1.54) is 30.2 Å². The minimum absolute atomic E-state index is 0.125. The molecule has 1 saturated heterocycles. The van der Waals surface area contributed by atoms with Crippen molar-refractivity contribution in [2.75, 3.05) is 47.0 Å². The Labute approximate surface area is 189 Å². The summed E-state index contributed by atoms with van der Waals surface area (Å²) < 4.78 is 13.1. The molecule has 1 aromatic heterocycles. The lowest BCUT2D eigenvalue weighted by Gasteiger charge is -2.36. The van der Waals surface area contributed by atoms with Crippen LogP contribution in [0.25, 0.3) is 0 Å². The van der Waals surface area contributed by atoms with Crippen LogP contribution in [-0.4, -0.2) is 47.8 Å². The number of thioether (sulfide) groups is 1. The van der Waals surface area contributed by atoms with Crippen LogP contribution in [0.3, 0.4) is 0 Å². The van der Waals surface area contributed by atoms with E-state index in [9.17, 15) is 9.18 Å². The quantitative estimate of drug-likeness (QED) is 0.439. The van der Waals surface area contributed by atoms with Gasteiger partial charge in [-0.1, -0.05) is 29.4 Å². The molecule has 1 aliphatic heterocycles. The normalized spacial score (nSPS) is 13.9. The first-order valence-corrected chi connectivity index (χ1v) is 11.2. The Morgan fingerprint density at radius 2 is 1.77 bits per heavy atom. The number of nitrogens with zero attached hydrogens (tertiary/aromatic N) is 4. The van der Waals surface area contributed by atoms with Gasteiger partial charge in [0.1, 0.15) is 23.0 Å². The van der Waals surface area contributed by atoms with Gasteiger partial charge in [0.05, 0.1) is 5.75 Å². The number of halogens is 2. The standard InChI is InChI=1S/C22H21ClFN5OS/c23-16-2-1-3-18(12-16)27-21(30)14-31-22-13-20(25-15-26-22)29-10-8-28(9-11-29)19-6-4-17(24)5-7-19/h1-7,12-13,15H,8-11,14H2,(H,27,30). The number of amides is 1. The fourth-order valence-corrected chi connectivity index (χ4v) is 4.18. The van der Waals surface area contributed by atoms with Gasteiger partial charge in [0.2, 0.25) is 5.91 Å². The van der Waals surface area contributed by atoms with Crippen LogP contribution in [0.15, 0.2) is 66.0 Å². The molecular formula is C22H21ClFN5OS. The molecule has 1 fully saturated rings. The van der Waals surface area contributed by atoms with Crippen LogP contribution in [-0.2, 0) is 4.79 Å². The van der Waals surface area contributed by atoms with Crippen molar-refractivity contribution in [3.05, 3.63) is 71.8 Å². The molecule has 31 heavy (non-hydrogen) atoms. The third-order valence-corrected chi connectivity index (χ3v) is 6.04. The van der Waals surface area contributed by atoms with Crippen LogP contribution >= 0.6 is 23.4 Å². The highest BCUT2D eigenvalue weighted by Gasteiger charge is 2.19. The number of nitrogens with one attached hydrogen (secondary N) is 1. The minimum atomic E-state index is -0.227. The molecule has 0 spiro atoms. The summed E-state index contributed by atoms with van der Waals surface area (Å²) in [6, 6.07) is 15.5. The minimum Gasteiger partial charge on any atom is -0.368 e. The van der Waals surface area contributed by atoms with Crippen LogP contribution in [0.1, 0.15) is 0 Å². The van der Waals surface area contributed by atoms with E-state index in [0.29, 0.717) is 10.7 Å². The van der Waals surface area contributed by atoms with Crippen molar-refractivity contribution < 1.29 is 9.18 Å². The van der Waals surface area contributed by atoms with Crippen molar-refractivity contribution in [1.29, 1.82) is 0 Å². The van der Waals surface area contributed by atoms with Gasteiger partial charge in [-0.25, -0.2) is 14.4 Å². The Bertz CT molecular complexity index is 1040. The van der Waals surface area contributed by atoms with Crippen molar-refractivity contribution in [3.8, 4) is 0 Å². The highest BCUT2D eigenvalue weighted by Crippen LogP contribution is 2.23. The van der Waals surface area contributed by atoms with Crippen molar-refractivity contribution in [1.82, 2.24) is 9.97 Å². The molecule has 0 bridgehead atoms. The summed E-state index contributed by atoms with van der Waals surface area (Å²) in [5.41, 5.74) is 1.69. The van der Waals surface area contributed by atoms with Gasteiger partial charge in [-0.05, 0) is 42.5 Å². The Morgan fingerprint density at radius 3 is 2.52 bits per heavy atom. The number of carbonyl (C=O) groups excluding carboxylic acids is 1. The molecule has 0 aliphatic carbocycles. The first kappa shape index (κ1) is 21.4. The first-order chi connectivity index (χ1) is 15.1. The average molecular weight is 458 g/mol. The van der Waals surface area contributed by atoms with E-state index < -0.39 is 0 Å². The number of hydrogen-bond acceptors (Lipinski definition) is 6. The topological polar surface area (TPSA) is 61.4 Å². The molecule has 0 unspecified atom stereocenters. The van der Waals surface area contributed by atoms with E-state index in [-0.39, 0.29) is 17.5 Å². The highest BCUT2D eigenvalue weighted by molar-refractivity contribution is 7.99. The second-order valence-electron chi connectivity index (χ2n) is 7.01. The molecule has 9 heteroatoms. The summed E-state index contributed by atoms with van der Waals surface area (Å²) in [7, 11) is 0. The second-order valence-corrected chi connectivity index (χ2v) is 8.44. The van der Waals surface area contributed by atoms with Gasteiger partial charge in [-0.15, -0.1) is 0 Å². The lowest BCUT2D eigenvalue weighted by atomic mass is 10.2. The zero-order chi connectivity index (χ0) is 21.6. The molecule has 4 rings (SSSR count). The molecule has 0 saturated carbocycles. The highest BCUT2D eigenvalue weighted by atomic mass is 35.5. The lowest BCUT2D eigenvalue weighted by Crippen LogP contribution is -2.46. The molecule has 0 radical (unpaired) electrons. The second kappa shape index (κ2) is 9.98. The van der Waals surface area contributed by atoms with E-state index >= 15 is 0 Å². The van der Waals surface area contributed by atoms with Gasteiger partial charge in [0.25, 0.3) is 0 Å². The number of rotatable bonds is 6. The third kappa shape index (κ3) is 5.86. The van der Waals surface area contributed by atoms with Gasteiger partial charge >= 0.3 is 0 Å². The summed E-state index contributed by atoms with van der Waals surface area (Å²) in [6.07, 6.45) is 1.53. The van der Waals surface area contributed by atoms with Crippen LogP contribution in [0.2, 0.25) is 5.02 Å². The summed E-state index contributed by atoms with van der Waals surface area (Å²) in [5.74, 6) is 0.725. The molecule has 1 N–H and O–H groups in total. The molecule has 3 aromatic rings. The Balaban J connectivity index is 1.30. The Kier molecular flexibility index (Phi) is 6.89. The summed E-state index contributed by atoms with van der Waals surface area (Å²) >= 11 is 7.31. The summed E-state index contributed by atoms with van der Waals surface area (Å²) in [5, 5.41) is 4.15. The fourth-order valence-electron chi connectivity index (χ4n) is 3.33. The fraction of sp³-hybridized carbons (Fsp3) is 0.227. The summed E-state index contributed by atoms with van der Waals surface area (Å²) in [4.78, 5) is 25.3. The van der Waals surface area contributed by atoms with E-state index in [1.54, 1.807) is 36.4 Å². The zero-order valence-electron chi connectivity index (χ0n) is 16.7. The molecule has 6 nitrogen and oxygen atoms in total. The maximum Gasteiger partial charge on any atom is 0.234 e. The van der Waals surface area contributed by atoms with Crippen molar-refractivity contribution in [3.63, 3.8) is 0 Å². The molecule has 2 aromatic carbocycles. The van der Waals surface area contributed by atoms with E-state index in [4.69, 9.17) is 11.6 Å². The monoisotopic (exact) mass is 457 g/mol. The number of benzene rings is 2. The maximum absolute atomic E-state index is 13.1. The molecular weight excluding hydrogens is 437 g/mol. The van der Waals surface area contributed by atoms with Gasteiger partial charge in [0, 0.05) is 48.6 Å². The smallest absolute Gasteiger partial charge is 0.234 e. The molecule has 1 amide bonds. The largest absolute Gasteiger partial charge is 0.368 e. The molecule has 160 valence electrons. The third-order valence-electron chi connectivity index (χ3n) is 4.88. The van der Waals surface area contributed by atoms with Gasteiger partial charge < -0.3 is 15.1 Å². The Morgan fingerprint density at radius 1 is 1.03 bits per heavy atom. The van der Waals surface area contributed by atoms with Crippen molar-refractivity contribution in [2.45, 2.75) is 5.03 Å².